The van der Waals surface area contributed by atoms with Gasteiger partial charge >= 0.3 is 0 Å². The molecular formula is C18H19NO2S. The van der Waals surface area contributed by atoms with Gasteiger partial charge in [0.1, 0.15) is 5.44 Å². The third-order valence-electron chi connectivity index (χ3n) is 4.02. The lowest BCUT2D eigenvalue weighted by Crippen LogP contribution is -2.40. The zero-order valence-electron chi connectivity index (χ0n) is 12.5. The lowest BCUT2D eigenvalue weighted by molar-refractivity contribution is 0.0311. The van der Waals surface area contributed by atoms with E-state index in [0.717, 1.165) is 16.7 Å². The van der Waals surface area contributed by atoms with E-state index in [1.54, 1.807) is 0 Å². The Morgan fingerprint density at radius 2 is 1.82 bits per heavy atom. The second kappa shape index (κ2) is 6.55. The monoisotopic (exact) mass is 313 g/mol. The third-order valence-corrected chi connectivity index (χ3v) is 4.60. The summed E-state index contributed by atoms with van der Waals surface area (Å²) < 4.78 is 5.82. The van der Waals surface area contributed by atoms with Crippen LogP contribution in [0.3, 0.4) is 0 Å². The molecule has 2 aromatic rings. The minimum Gasteiger partial charge on any atom is -0.361 e. The maximum Gasteiger partial charge on any atom is 0.254 e. The van der Waals surface area contributed by atoms with E-state index in [2.05, 4.69) is 12.6 Å². The van der Waals surface area contributed by atoms with Crippen molar-refractivity contribution in [1.29, 1.82) is 0 Å². The van der Waals surface area contributed by atoms with Crippen LogP contribution in [0.25, 0.3) is 0 Å². The summed E-state index contributed by atoms with van der Waals surface area (Å²) in [5.74, 6) is 0.0606. The van der Waals surface area contributed by atoms with Crippen molar-refractivity contribution in [2.24, 2.45) is 0 Å². The summed E-state index contributed by atoms with van der Waals surface area (Å²) >= 11 is 4.53. The highest BCUT2D eigenvalue weighted by atomic mass is 32.1. The quantitative estimate of drug-likeness (QED) is 0.676. The molecule has 0 bridgehead atoms. The first-order chi connectivity index (χ1) is 10.7. The van der Waals surface area contributed by atoms with Gasteiger partial charge in [0.15, 0.2) is 0 Å². The molecule has 1 amide bonds. The van der Waals surface area contributed by atoms with Crippen LogP contribution in [-0.4, -0.2) is 22.3 Å². The lowest BCUT2D eigenvalue weighted by atomic mass is 10.1. The summed E-state index contributed by atoms with van der Waals surface area (Å²) in [6, 6.07) is 17.6. The van der Waals surface area contributed by atoms with Crippen molar-refractivity contribution in [2.75, 3.05) is 0 Å². The van der Waals surface area contributed by atoms with Gasteiger partial charge in [0.05, 0.1) is 12.6 Å². The molecule has 0 fully saturated rings. The first kappa shape index (κ1) is 15.1. The van der Waals surface area contributed by atoms with Crippen LogP contribution in [0.2, 0.25) is 0 Å². The Balaban J connectivity index is 1.62. The Morgan fingerprint density at radius 1 is 1.14 bits per heavy atom. The Bertz CT molecular complexity index is 659. The zero-order chi connectivity index (χ0) is 15.5. The molecule has 22 heavy (non-hydrogen) atoms. The predicted octanol–water partition coefficient (Wildman–Crippen LogP) is 3.50. The van der Waals surface area contributed by atoms with Gasteiger partial charge in [0, 0.05) is 12.1 Å². The maximum atomic E-state index is 12.5. The van der Waals surface area contributed by atoms with E-state index in [0.29, 0.717) is 13.2 Å². The van der Waals surface area contributed by atoms with Crippen molar-refractivity contribution in [3.8, 4) is 0 Å². The van der Waals surface area contributed by atoms with Crippen molar-refractivity contribution >= 4 is 18.5 Å². The van der Waals surface area contributed by atoms with Gasteiger partial charge in [0.2, 0.25) is 0 Å². The largest absolute Gasteiger partial charge is 0.361 e. The van der Waals surface area contributed by atoms with Crippen LogP contribution in [0.5, 0.6) is 0 Å². The number of fused-ring (bicyclic) bond motifs is 1. The van der Waals surface area contributed by atoms with Gasteiger partial charge in [-0.1, -0.05) is 48.5 Å². The summed E-state index contributed by atoms with van der Waals surface area (Å²) in [5.41, 5.74) is 2.64. The molecular weight excluding hydrogens is 294 g/mol. The fourth-order valence-corrected chi connectivity index (χ4v) is 2.89. The topological polar surface area (TPSA) is 29.5 Å². The van der Waals surface area contributed by atoms with Crippen molar-refractivity contribution in [3.05, 3.63) is 71.3 Å². The molecule has 0 saturated heterocycles. The molecule has 0 aliphatic carbocycles. The minimum absolute atomic E-state index is 0.0606. The van der Waals surface area contributed by atoms with Crippen LogP contribution < -0.4 is 0 Å². The standard InChI is InChI=1S/C18H19NO2S/c1-13(18(22)21-12-14-7-3-2-4-8-14)19-11-15-9-5-6-10-16(15)17(19)20/h2-10,13,18,22H,11-12H2,1H3/t13-,18+/m0/s1. The van der Waals surface area contributed by atoms with Crippen molar-refractivity contribution < 1.29 is 9.53 Å². The Morgan fingerprint density at radius 3 is 2.55 bits per heavy atom. The molecule has 114 valence electrons. The first-order valence-corrected chi connectivity index (χ1v) is 7.91. The molecule has 0 saturated carbocycles. The number of hydrogen-bond donors (Lipinski definition) is 1. The Hall–Kier alpha value is -1.78. The summed E-state index contributed by atoms with van der Waals surface area (Å²) in [4.78, 5) is 14.3. The summed E-state index contributed by atoms with van der Waals surface area (Å²) in [6.07, 6.45) is 0. The molecule has 3 nitrogen and oxygen atoms in total. The molecule has 0 radical (unpaired) electrons. The molecule has 0 spiro atoms. The molecule has 2 aromatic carbocycles. The van der Waals surface area contributed by atoms with E-state index in [4.69, 9.17) is 4.74 Å². The van der Waals surface area contributed by atoms with Crippen molar-refractivity contribution in [2.45, 2.75) is 31.6 Å². The van der Waals surface area contributed by atoms with Crippen LogP contribution in [0.4, 0.5) is 0 Å². The molecule has 1 aliphatic heterocycles. The van der Waals surface area contributed by atoms with Crippen LogP contribution in [0, 0.1) is 0 Å². The van der Waals surface area contributed by atoms with E-state index < -0.39 is 0 Å². The van der Waals surface area contributed by atoms with Crippen molar-refractivity contribution in [1.82, 2.24) is 4.90 Å². The van der Waals surface area contributed by atoms with Crippen LogP contribution in [0.1, 0.15) is 28.4 Å². The Labute approximate surface area is 136 Å². The average Bonchev–Trinajstić information content (AvgIpc) is 2.90. The molecule has 2 atom stereocenters. The van der Waals surface area contributed by atoms with E-state index in [9.17, 15) is 4.79 Å². The second-order valence-electron chi connectivity index (χ2n) is 5.52. The van der Waals surface area contributed by atoms with E-state index in [1.807, 2.05) is 66.4 Å². The molecule has 3 rings (SSSR count). The predicted molar refractivity (Wildman–Crippen MR) is 89.8 cm³/mol. The first-order valence-electron chi connectivity index (χ1n) is 7.39. The van der Waals surface area contributed by atoms with Crippen molar-refractivity contribution in [3.63, 3.8) is 0 Å². The Kier molecular flexibility index (Phi) is 4.50. The number of rotatable bonds is 5. The molecule has 1 heterocycles. The van der Waals surface area contributed by atoms with E-state index in [1.165, 1.54) is 0 Å². The van der Waals surface area contributed by atoms with Gasteiger partial charge in [-0.05, 0) is 24.1 Å². The minimum atomic E-state index is -0.321. The number of carbonyl (C=O) groups is 1. The normalized spacial score (nSPS) is 16.5. The van der Waals surface area contributed by atoms with E-state index >= 15 is 0 Å². The SMILES string of the molecule is C[C@@H]([C@@H](S)OCc1ccccc1)N1Cc2ccccc2C1=O. The van der Waals surface area contributed by atoms with Gasteiger partial charge in [-0.3, -0.25) is 4.79 Å². The van der Waals surface area contributed by atoms with Gasteiger partial charge in [-0.15, -0.1) is 12.6 Å². The highest BCUT2D eigenvalue weighted by molar-refractivity contribution is 7.80. The number of thiol groups is 1. The lowest BCUT2D eigenvalue weighted by Gasteiger charge is -2.29. The highest BCUT2D eigenvalue weighted by Crippen LogP contribution is 2.27. The fraction of sp³-hybridized carbons (Fsp3) is 0.278. The number of benzene rings is 2. The molecule has 0 aromatic heterocycles. The van der Waals surface area contributed by atoms with Gasteiger partial charge in [-0.25, -0.2) is 0 Å². The number of ether oxygens (including phenoxy) is 1. The summed E-state index contributed by atoms with van der Waals surface area (Å²) in [7, 11) is 0. The average molecular weight is 313 g/mol. The van der Waals surface area contributed by atoms with Gasteiger partial charge in [-0.2, -0.15) is 0 Å². The molecule has 4 heteroatoms. The van der Waals surface area contributed by atoms with Gasteiger partial charge < -0.3 is 9.64 Å². The highest BCUT2D eigenvalue weighted by Gasteiger charge is 2.33. The van der Waals surface area contributed by atoms with Crippen LogP contribution >= 0.6 is 12.6 Å². The number of amides is 1. The summed E-state index contributed by atoms with van der Waals surface area (Å²) in [6.45, 7) is 3.10. The zero-order valence-corrected chi connectivity index (χ0v) is 13.4. The van der Waals surface area contributed by atoms with E-state index in [-0.39, 0.29) is 17.4 Å². The molecule has 1 aliphatic rings. The smallest absolute Gasteiger partial charge is 0.254 e. The van der Waals surface area contributed by atoms with Crippen LogP contribution in [-0.2, 0) is 17.9 Å². The summed E-state index contributed by atoms with van der Waals surface area (Å²) in [5, 5.41) is 0. The van der Waals surface area contributed by atoms with Crippen LogP contribution in [0.15, 0.2) is 54.6 Å². The number of hydrogen-bond acceptors (Lipinski definition) is 3. The third kappa shape index (κ3) is 3.03. The number of carbonyl (C=O) groups excluding carboxylic acids is 1. The fourth-order valence-electron chi connectivity index (χ4n) is 2.65. The second-order valence-corrected chi connectivity index (χ2v) is 6.03. The van der Waals surface area contributed by atoms with Gasteiger partial charge in [0.25, 0.3) is 5.91 Å². The molecule has 0 unspecified atom stereocenters. The number of nitrogens with zero attached hydrogens (tertiary/aromatic N) is 1. The maximum absolute atomic E-state index is 12.5. The molecule has 0 N–H and O–H groups in total.